The molecular formula is C23H20N4O3S. The van der Waals surface area contributed by atoms with E-state index < -0.39 is 0 Å². The molecule has 0 bridgehead atoms. The van der Waals surface area contributed by atoms with Crippen molar-refractivity contribution in [1.82, 2.24) is 15.3 Å². The Hall–Kier alpha value is -3.91. The number of fused-ring (bicyclic) bond motifs is 1. The molecule has 4 aromatic rings. The number of aromatic nitrogens is 2. The molecular weight excluding hydrogens is 412 g/mol. The molecule has 156 valence electrons. The number of imidazole rings is 1. The van der Waals surface area contributed by atoms with Crippen molar-refractivity contribution in [3.63, 3.8) is 0 Å². The highest BCUT2D eigenvalue weighted by atomic mass is 32.1. The van der Waals surface area contributed by atoms with E-state index in [0.29, 0.717) is 22.7 Å². The van der Waals surface area contributed by atoms with Crippen LogP contribution < -0.4 is 20.1 Å². The van der Waals surface area contributed by atoms with E-state index in [1.54, 1.807) is 38.5 Å². The number of carbonyl (C=O) groups excluding carboxylic acids is 1. The van der Waals surface area contributed by atoms with Gasteiger partial charge in [0.2, 0.25) is 0 Å². The van der Waals surface area contributed by atoms with E-state index in [4.69, 9.17) is 21.7 Å². The Bertz CT molecular complexity index is 1220. The number of nitrogens with zero attached hydrogens (tertiary/aromatic N) is 1. The fraction of sp³-hybridized carbons (Fsp3) is 0.0870. The molecule has 3 aromatic carbocycles. The highest BCUT2D eigenvalue weighted by Crippen LogP contribution is 2.30. The maximum atomic E-state index is 12.5. The van der Waals surface area contributed by atoms with Crippen LogP contribution in [0.3, 0.4) is 0 Å². The quantitative estimate of drug-likeness (QED) is 0.406. The Morgan fingerprint density at radius 3 is 2.48 bits per heavy atom. The molecule has 0 aliphatic heterocycles. The lowest BCUT2D eigenvalue weighted by molar-refractivity contribution is 0.0977. The summed E-state index contributed by atoms with van der Waals surface area (Å²) in [7, 11) is 3.14. The monoisotopic (exact) mass is 432 g/mol. The van der Waals surface area contributed by atoms with Gasteiger partial charge in [0.05, 0.1) is 30.9 Å². The Morgan fingerprint density at radius 2 is 1.77 bits per heavy atom. The van der Waals surface area contributed by atoms with Gasteiger partial charge in [-0.1, -0.05) is 12.1 Å². The Balaban J connectivity index is 1.53. The summed E-state index contributed by atoms with van der Waals surface area (Å²) in [6.07, 6.45) is 0. The summed E-state index contributed by atoms with van der Waals surface area (Å²) in [6, 6.07) is 20.2. The highest BCUT2D eigenvalue weighted by molar-refractivity contribution is 7.80. The number of anilines is 1. The van der Waals surface area contributed by atoms with Crippen molar-refractivity contribution < 1.29 is 14.3 Å². The lowest BCUT2D eigenvalue weighted by Gasteiger charge is -2.14. The molecule has 0 atom stereocenters. The first-order valence-electron chi connectivity index (χ1n) is 9.47. The zero-order chi connectivity index (χ0) is 21.8. The minimum atomic E-state index is -0.326. The number of rotatable bonds is 5. The van der Waals surface area contributed by atoms with Crippen LogP contribution in [0.1, 0.15) is 10.4 Å². The fourth-order valence-electron chi connectivity index (χ4n) is 3.11. The van der Waals surface area contributed by atoms with Crippen LogP contribution in [0.25, 0.3) is 22.4 Å². The molecule has 0 saturated heterocycles. The number of thiocarbonyl (C=S) groups is 1. The molecule has 0 aliphatic rings. The molecule has 0 unspecified atom stereocenters. The third-order valence-electron chi connectivity index (χ3n) is 4.69. The minimum Gasteiger partial charge on any atom is -0.497 e. The largest absolute Gasteiger partial charge is 0.497 e. The van der Waals surface area contributed by atoms with Crippen LogP contribution in [0.4, 0.5) is 5.69 Å². The van der Waals surface area contributed by atoms with Gasteiger partial charge in [-0.3, -0.25) is 10.1 Å². The number of methoxy groups -OCH3 is 2. The van der Waals surface area contributed by atoms with E-state index in [-0.39, 0.29) is 11.0 Å². The zero-order valence-electron chi connectivity index (χ0n) is 16.9. The number of nitrogens with one attached hydrogen (secondary N) is 3. The molecule has 1 heterocycles. The Kier molecular flexibility index (Phi) is 5.81. The van der Waals surface area contributed by atoms with Crippen LogP contribution in [0.15, 0.2) is 66.7 Å². The molecule has 0 fully saturated rings. The number of ether oxygens (including phenoxy) is 2. The van der Waals surface area contributed by atoms with Crippen molar-refractivity contribution in [2.24, 2.45) is 0 Å². The number of aromatic amines is 1. The Morgan fingerprint density at radius 1 is 1.00 bits per heavy atom. The maximum Gasteiger partial charge on any atom is 0.257 e. The molecule has 0 aliphatic carbocycles. The van der Waals surface area contributed by atoms with Crippen LogP contribution in [0.5, 0.6) is 11.5 Å². The van der Waals surface area contributed by atoms with E-state index in [2.05, 4.69) is 20.6 Å². The van der Waals surface area contributed by atoms with E-state index in [9.17, 15) is 4.79 Å². The second-order valence-electron chi connectivity index (χ2n) is 6.65. The van der Waals surface area contributed by atoms with Gasteiger partial charge in [-0.15, -0.1) is 0 Å². The van der Waals surface area contributed by atoms with Crippen molar-refractivity contribution in [3.8, 4) is 22.9 Å². The first-order valence-corrected chi connectivity index (χ1v) is 9.88. The van der Waals surface area contributed by atoms with E-state index in [0.717, 1.165) is 22.4 Å². The van der Waals surface area contributed by atoms with Crippen molar-refractivity contribution in [2.75, 3.05) is 19.5 Å². The van der Waals surface area contributed by atoms with Gasteiger partial charge in [-0.2, -0.15) is 0 Å². The molecule has 4 rings (SSSR count). The van der Waals surface area contributed by atoms with Gasteiger partial charge in [0.15, 0.2) is 5.11 Å². The summed E-state index contributed by atoms with van der Waals surface area (Å²) >= 11 is 5.33. The molecule has 0 spiro atoms. The summed E-state index contributed by atoms with van der Waals surface area (Å²) in [5, 5.41) is 5.87. The van der Waals surface area contributed by atoms with Crippen molar-refractivity contribution in [1.29, 1.82) is 0 Å². The van der Waals surface area contributed by atoms with Gasteiger partial charge >= 0.3 is 0 Å². The molecule has 0 radical (unpaired) electrons. The van der Waals surface area contributed by atoms with Crippen molar-refractivity contribution >= 4 is 40.0 Å². The normalized spacial score (nSPS) is 10.5. The number of hydrogen-bond acceptors (Lipinski definition) is 5. The first-order chi connectivity index (χ1) is 15.1. The lowest BCUT2D eigenvalue weighted by Crippen LogP contribution is -2.34. The highest BCUT2D eigenvalue weighted by Gasteiger charge is 2.13. The average molecular weight is 433 g/mol. The van der Waals surface area contributed by atoms with E-state index >= 15 is 0 Å². The standard InChI is InChI=1S/C23H20N4O3S/c1-29-16-10-7-14(8-11-16)22(28)27-23(31)26-19-13-15(9-12-20(19)30-2)21-24-17-5-3-4-6-18(17)25-21/h3-13H,1-2H3,(H,24,25)(H2,26,27,28,31). The molecule has 0 saturated carbocycles. The van der Waals surface area contributed by atoms with Gasteiger partial charge in [-0.05, 0) is 66.8 Å². The van der Waals surface area contributed by atoms with Crippen LogP contribution in [0, 0.1) is 0 Å². The predicted molar refractivity (Wildman–Crippen MR) is 125 cm³/mol. The van der Waals surface area contributed by atoms with Gasteiger partial charge in [0, 0.05) is 11.1 Å². The van der Waals surface area contributed by atoms with E-state index in [1.165, 1.54) is 0 Å². The lowest BCUT2D eigenvalue weighted by atomic mass is 10.1. The minimum absolute atomic E-state index is 0.154. The maximum absolute atomic E-state index is 12.5. The number of benzene rings is 3. The number of hydrogen-bond donors (Lipinski definition) is 3. The van der Waals surface area contributed by atoms with Crippen molar-refractivity contribution in [3.05, 3.63) is 72.3 Å². The fourth-order valence-corrected chi connectivity index (χ4v) is 3.32. The number of H-pyrrole nitrogens is 1. The average Bonchev–Trinajstić information content (AvgIpc) is 3.23. The summed E-state index contributed by atoms with van der Waals surface area (Å²) in [4.78, 5) is 20.4. The third-order valence-corrected chi connectivity index (χ3v) is 4.89. The van der Waals surface area contributed by atoms with Crippen LogP contribution >= 0.6 is 12.2 Å². The summed E-state index contributed by atoms with van der Waals surface area (Å²) in [5.74, 6) is 1.65. The topological polar surface area (TPSA) is 88.3 Å². The second-order valence-corrected chi connectivity index (χ2v) is 7.06. The summed E-state index contributed by atoms with van der Waals surface area (Å²) in [5.41, 5.74) is 3.76. The summed E-state index contributed by atoms with van der Waals surface area (Å²) in [6.45, 7) is 0. The number of carbonyl (C=O) groups is 1. The molecule has 1 amide bonds. The smallest absolute Gasteiger partial charge is 0.257 e. The van der Waals surface area contributed by atoms with Gasteiger partial charge < -0.3 is 19.8 Å². The molecule has 1 aromatic heterocycles. The molecule has 7 nitrogen and oxygen atoms in total. The third kappa shape index (κ3) is 4.49. The van der Waals surface area contributed by atoms with Gasteiger partial charge in [0.1, 0.15) is 17.3 Å². The molecule has 3 N–H and O–H groups in total. The number of amides is 1. The SMILES string of the molecule is COc1ccc(C(=O)NC(=S)Nc2cc(-c3nc4ccccc4[nH]3)ccc2OC)cc1. The van der Waals surface area contributed by atoms with Gasteiger partial charge in [-0.25, -0.2) is 4.98 Å². The van der Waals surface area contributed by atoms with Crippen LogP contribution in [-0.4, -0.2) is 35.2 Å². The Labute approximate surface area is 184 Å². The van der Waals surface area contributed by atoms with Crippen LogP contribution in [0.2, 0.25) is 0 Å². The van der Waals surface area contributed by atoms with E-state index in [1.807, 2.05) is 42.5 Å². The molecule has 31 heavy (non-hydrogen) atoms. The van der Waals surface area contributed by atoms with Crippen LogP contribution in [-0.2, 0) is 0 Å². The van der Waals surface area contributed by atoms with Gasteiger partial charge in [0.25, 0.3) is 5.91 Å². The predicted octanol–water partition coefficient (Wildman–Crippen LogP) is 4.37. The second kappa shape index (κ2) is 8.85. The van der Waals surface area contributed by atoms with Crippen molar-refractivity contribution in [2.45, 2.75) is 0 Å². The summed E-state index contributed by atoms with van der Waals surface area (Å²) < 4.78 is 10.5. The first kappa shape index (κ1) is 20.4. The zero-order valence-corrected chi connectivity index (χ0v) is 17.7. The molecule has 8 heteroatoms. The number of para-hydroxylation sites is 2.